The Balaban J connectivity index is 1.38. The molecule has 184 valence electrons. The van der Waals surface area contributed by atoms with Crippen molar-refractivity contribution in [1.29, 1.82) is 0 Å². The SMILES string of the molecule is CNc1cc(F)cc2c1[nH]c1nc(Oc3ccc4sc(N)nc4c3)nc(N3C[C@H]4CC[C@@H](N)[C@H]4C3)c12. The van der Waals surface area contributed by atoms with Crippen LogP contribution >= 0.6 is 11.3 Å². The standard InChI is InChI=1S/C25H25FN8OS/c1-29-18-7-12(26)6-14-20-22(31-21(14)18)32-25(35-13-3-5-19-17(8-13)30-24(28)36-19)33-23(20)34-9-11-2-4-16(27)15(11)10-34/h3,5-8,11,15-16,29H,2,4,9-10,27H2,1H3,(H2,28,30)(H,31,32,33)/t11-,15+,16-/m1/s1. The number of ether oxygens (including phenoxy) is 1. The Labute approximate surface area is 209 Å². The second kappa shape index (κ2) is 7.90. The molecule has 7 rings (SSSR count). The highest BCUT2D eigenvalue weighted by molar-refractivity contribution is 7.22. The zero-order valence-corrected chi connectivity index (χ0v) is 20.4. The van der Waals surface area contributed by atoms with Crippen LogP contribution in [0.4, 0.5) is 21.0 Å². The molecular weight excluding hydrogens is 479 g/mol. The maximum Gasteiger partial charge on any atom is 0.325 e. The van der Waals surface area contributed by atoms with Crippen LogP contribution in [0.1, 0.15) is 12.8 Å². The number of nitrogens with one attached hydrogen (secondary N) is 2. The van der Waals surface area contributed by atoms with E-state index in [0.29, 0.717) is 34.1 Å². The number of thiazole rings is 1. The van der Waals surface area contributed by atoms with Crippen LogP contribution in [0.3, 0.4) is 0 Å². The minimum atomic E-state index is -0.324. The van der Waals surface area contributed by atoms with Crippen molar-refractivity contribution in [3.8, 4) is 11.8 Å². The number of nitrogens with zero attached hydrogens (tertiary/aromatic N) is 4. The highest BCUT2D eigenvalue weighted by Gasteiger charge is 2.42. The molecule has 2 fully saturated rings. The Hall–Kier alpha value is -3.70. The van der Waals surface area contributed by atoms with Gasteiger partial charge in [0.1, 0.15) is 23.0 Å². The number of rotatable bonds is 4. The lowest BCUT2D eigenvalue weighted by molar-refractivity contribution is 0.444. The number of aromatic nitrogens is 4. The fraction of sp³-hybridized carbons (Fsp3) is 0.320. The average Bonchev–Trinajstić information content (AvgIpc) is 3.60. The molecule has 0 spiro atoms. The highest BCUT2D eigenvalue weighted by atomic mass is 32.1. The first-order valence-corrected chi connectivity index (χ1v) is 12.8. The van der Waals surface area contributed by atoms with E-state index in [2.05, 4.69) is 25.2 Å². The number of anilines is 3. The minimum Gasteiger partial charge on any atom is -0.424 e. The normalized spacial score (nSPS) is 21.6. The van der Waals surface area contributed by atoms with Gasteiger partial charge in [-0.1, -0.05) is 11.3 Å². The molecule has 0 radical (unpaired) electrons. The number of nitrogen functional groups attached to an aromatic ring is 1. The summed E-state index contributed by atoms with van der Waals surface area (Å²) in [6.07, 6.45) is 2.17. The van der Waals surface area contributed by atoms with Crippen molar-refractivity contribution in [1.82, 2.24) is 19.9 Å². The number of H-pyrrole nitrogens is 1. The van der Waals surface area contributed by atoms with Crippen LogP contribution in [0.2, 0.25) is 0 Å². The van der Waals surface area contributed by atoms with Gasteiger partial charge in [-0.25, -0.2) is 9.37 Å². The molecule has 6 N–H and O–H groups in total. The first-order valence-electron chi connectivity index (χ1n) is 12.0. The van der Waals surface area contributed by atoms with Gasteiger partial charge in [0.2, 0.25) is 0 Å². The summed E-state index contributed by atoms with van der Waals surface area (Å²) in [5.74, 6) is 1.93. The van der Waals surface area contributed by atoms with Crippen molar-refractivity contribution in [2.75, 3.05) is 36.1 Å². The molecule has 36 heavy (non-hydrogen) atoms. The molecule has 0 bridgehead atoms. The zero-order chi connectivity index (χ0) is 24.6. The first-order chi connectivity index (χ1) is 17.5. The molecule has 0 unspecified atom stereocenters. The minimum absolute atomic E-state index is 0.196. The van der Waals surface area contributed by atoms with Crippen molar-refractivity contribution < 1.29 is 9.13 Å². The fourth-order valence-corrected chi connectivity index (χ4v) is 6.59. The van der Waals surface area contributed by atoms with Gasteiger partial charge in [0, 0.05) is 37.6 Å². The molecule has 4 heterocycles. The Bertz CT molecular complexity index is 1650. The van der Waals surface area contributed by atoms with Crippen LogP contribution in [0.25, 0.3) is 32.2 Å². The van der Waals surface area contributed by atoms with Crippen molar-refractivity contribution in [2.45, 2.75) is 18.9 Å². The van der Waals surface area contributed by atoms with Crippen LogP contribution in [0.15, 0.2) is 30.3 Å². The van der Waals surface area contributed by atoms with Crippen molar-refractivity contribution in [3.63, 3.8) is 0 Å². The van der Waals surface area contributed by atoms with Gasteiger partial charge < -0.3 is 31.4 Å². The number of fused-ring (bicyclic) bond motifs is 5. The third-order valence-corrected chi connectivity index (χ3v) is 8.42. The Morgan fingerprint density at radius 2 is 2.06 bits per heavy atom. The smallest absolute Gasteiger partial charge is 0.325 e. The van der Waals surface area contributed by atoms with E-state index >= 15 is 0 Å². The second-order valence-electron chi connectivity index (χ2n) is 9.66. The molecule has 0 amide bonds. The number of hydrogen-bond donors (Lipinski definition) is 4. The van der Waals surface area contributed by atoms with E-state index in [-0.39, 0.29) is 17.9 Å². The third kappa shape index (κ3) is 3.34. The van der Waals surface area contributed by atoms with Gasteiger partial charge in [0.15, 0.2) is 5.13 Å². The van der Waals surface area contributed by atoms with E-state index in [1.165, 1.54) is 23.5 Å². The Morgan fingerprint density at radius 3 is 2.89 bits per heavy atom. The lowest BCUT2D eigenvalue weighted by Gasteiger charge is -2.21. The molecule has 3 aromatic heterocycles. The van der Waals surface area contributed by atoms with Gasteiger partial charge in [-0.05, 0) is 48.9 Å². The second-order valence-corrected chi connectivity index (χ2v) is 10.7. The van der Waals surface area contributed by atoms with Crippen LogP contribution in [0, 0.1) is 17.7 Å². The van der Waals surface area contributed by atoms with Crippen molar-refractivity contribution >= 4 is 60.1 Å². The molecule has 1 aliphatic carbocycles. The van der Waals surface area contributed by atoms with Crippen LogP contribution < -0.4 is 26.4 Å². The summed E-state index contributed by atoms with van der Waals surface area (Å²) in [6.45, 7) is 1.66. The Morgan fingerprint density at radius 1 is 1.17 bits per heavy atom. The van der Waals surface area contributed by atoms with E-state index in [1.807, 2.05) is 18.2 Å². The van der Waals surface area contributed by atoms with E-state index < -0.39 is 0 Å². The molecule has 1 aliphatic heterocycles. The van der Waals surface area contributed by atoms with Crippen molar-refractivity contribution in [2.24, 2.45) is 17.6 Å². The molecule has 3 atom stereocenters. The number of hydrogen-bond acceptors (Lipinski definition) is 9. The quantitative estimate of drug-likeness (QED) is 0.282. The van der Waals surface area contributed by atoms with Crippen molar-refractivity contribution in [3.05, 3.63) is 36.1 Å². The van der Waals surface area contributed by atoms with Gasteiger partial charge in [0.05, 0.1) is 26.8 Å². The summed E-state index contributed by atoms with van der Waals surface area (Å²) in [4.78, 5) is 19.5. The van der Waals surface area contributed by atoms with Gasteiger partial charge in [-0.3, -0.25) is 0 Å². The molecular formula is C25H25FN8OS. The predicted molar refractivity (Wildman–Crippen MR) is 141 cm³/mol. The van der Waals surface area contributed by atoms with Crippen LogP contribution in [-0.4, -0.2) is 46.1 Å². The van der Waals surface area contributed by atoms with Crippen LogP contribution in [0.5, 0.6) is 11.8 Å². The molecule has 11 heteroatoms. The van der Waals surface area contributed by atoms with Gasteiger partial charge in [0.25, 0.3) is 0 Å². The molecule has 2 aromatic carbocycles. The van der Waals surface area contributed by atoms with E-state index in [0.717, 1.165) is 58.3 Å². The van der Waals surface area contributed by atoms with Crippen LogP contribution in [-0.2, 0) is 0 Å². The lowest BCUT2D eigenvalue weighted by atomic mass is 9.98. The van der Waals surface area contributed by atoms with E-state index in [4.69, 9.17) is 21.2 Å². The number of halogens is 1. The molecule has 5 aromatic rings. The summed E-state index contributed by atoms with van der Waals surface area (Å²) >= 11 is 1.42. The Kier molecular flexibility index (Phi) is 4.74. The first kappa shape index (κ1) is 21.6. The van der Waals surface area contributed by atoms with Gasteiger partial charge >= 0.3 is 6.01 Å². The van der Waals surface area contributed by atoms with Gasteiger partial charge in [-0.15, -0.1) is 0 Å². The van der Waals surface area contributed by atoms with Gasteiger partial charge in [-0.2, -0.15) is 9.97 Å². The zero-order valence-electron chi connectivity index (χ0n) is 19.6. The summed E-state index contributed by atoms with van der Waals surface area (Å²) < 4.78 is 21.7. The number of aromatic amines is 1. The maximum absolute atomic E-state index is 14.6. The van der Waals surface area contributed by atoms with E-state index in [9.17, 15) is 4.39 Å². The largest absolute Gasteiger partial charge is 0.424 e. The molecule has 2 aliphatic rings. The topological polar surface area (TPSA) is 131 Å². The summed E-state index contributed by atoms with van der Waals surface area (Å²) in [5, 5.41) is 5.10. The average molecular weight is 505 g/mol. The lowest BCUT2D eigenvalue weighted by Crippen LogP contribution is -2.30. The van der Waals surface area contributed by atoms with E-state index in [1.54, 1.807) is 7.05 Å². The molecule has 1 saturated carbocycles. The number of nitrogens with two attached hydrogens (primary N) is 2. The monoisotopic (exact) mass is 504 g/mol. The third-order valence-electron chi connectivity index (χ3n) is 7.55. The summed E-state index contributed by atoms with van der Waals surface area (Å²) in [7, 11) is 1.77. The summed E-state index contributed by atoms with van der Waals surface area (Å²) in [6, 6.07) is 9.01. The maximum atomic E-state index is 14.6. The fourth-order valence-electron chi connectivity index (χ4n) is 5.87. The number of benzene rings is 2. The molecule has 9 nitrogen and oxygen atoms in total. The highest BCUT2D eigenvalue weighted by Crippen LogP contribution is 2.43. The molecule has 1 saturated heterocycles. The summed E-state index contributed by atoms with van der Waals surface area (Å²) in [5.41, 5.74) is 15.1. The predicted octanol–water partition coefficient (Wildman–Crippen LogP) is 4.45.